The Bertz CT molecular complexity index is 337. The van der Waals surface area contributed by atoms with Crippen molar-refractivity contribution < 1.29 is 14.7 Å². The largest absolute Gasteiger partial charge is 0.504 e. The fourth-order valence-corrected chi connectivity index (χ4v) is 1.06. The monoisotopic (exact) mass is 209 g/mol. The van der Waals surface area contributed by atoms with E-state index in [1.807, 2.05) is 6.92 Å². The average molecular weight is 209 g/mol. The summed E-state index contributed by atoms with van der Waals surface area (Å²) in [5.74, 6) is 0.606. The molecule has 0 aliphatic rings. The van der Waals surface area contributed by atoms with Gasteiger partial charge in [0.2, 0.25) is 0 Å². The van der Waals surface area contributed by atoms with Crippen LogP contribution in [0.5, 0.6) is 11.5 Å². The molecule has 0 aliphatic carbocycles. The molecule has 0 saturated carbocycles. The van der Waals surface area contributed by atoms with Crippen molar-refractivity contribution in [3.63, 3.8) is 0 Å². The van der Waals surface area contributed by atoms with Gasteiger partial charge in [0.25, 0.3) is 0 Å². The van der Waals surface area contributed by atoms with Gasteiger partial charge in [0.1, 0.15) is 7.11 Å². The molecule has 0 atom stereocenters. The van der Waals surface area contributed by atoms with Crippen molar-refractivity contribution in [3.05, 3.63) is 23.8 Å². The molecule has 1 aromatic carbocycles. The third-order valence-electron chi connectivity index (χ3n) is 1.75. The van der Waals surface area contributed by atoms with E-state index in [4.69, 9.17) is 4.74 Å². The Morgan fingerprint density at radius 3 is 2.87 bits per heavy atom. The first-order valence-corrected chi connectivity index (χ1v) is 4.80. The highest BCUT2D eigenvalue weighted by molar-refractivity contribution is 5.80. The lowest BCUT2D eigenvalue weighted by atomic mass is 10.2. The van der Waals surface area contributed by atoms with E-state index in [1.54, 1.807) is 18.2 Å². The lowest BCUT2D eigenvalue weighted by Crippen LogP contribution is -1.95. The second kappa shape index (κ2) is 5.90. The number of ether oxygens (including phenoxy) is 1. The summed E-state index contributed by atoms with van der Waals surface area (Å²) in [7, 11) is 1.47. The Kier molecular flexibility index (Phi) is 4.47. The quantitative estimate of drug-likeness (QED) is 0.597. The Labute approximate surface area is 89.1 Å². The van der Waals surface area contributed by atoms with Crippen LogP contribution in [-0.2, 0) is 4.84 Å². The average Bonchev–Trinajstić information content (AvgIpc) is 2.25. The number of nitrogens with zero attached hydrogens (tertiary/aromatic N) is 1. The normalized spacial score (nSPS) is 10.5. The maximum atomic E-state index is 9.59. The van der Waals surface area contributed by atoms with Crippen LogP contribution >= 0.6 is 0 Å². The standard InChI is InChI=1S/C11H15NO3/c1-3-6-15-11-5-4-9(7-10(11)13)8-12-14-2/h4-5,7-8,13H,3,6H2,1-2H3/b12-8-. The first kappa shape index (κ1) is 11.4. The number of hydrogen-bond acceptors (Lipinski definition) is 4. The molecule has 0 aromatic heterocycles. The summed E-state index contributed by atoms with van der Waals surface area (Å²) in [6, 6.07) is 5.09. The number of phenolic OH excluding ortho intramolecular Hbond substituents is 1. The molecule has 0 unspecified atom stereocenters. The number of oxime groups is 1. The fourth-order valence-electron chi connectivity index (χ4n) is 1.06. The number of benzene rings is 1. The molecule has 1 N–H and O–H groups in total. The fraction of sp³-hybridized carbons (Fsp3) is 0.364. The van der Waals surface area contributed by atoms with Crippen LogP contribution < -0.4 is 4.74 Å². The Morgan fingerprint density at radius 1 is 1.47 bits per heavy atom. The second-order valence-corrected chi connectivity index (χ2v) is 2.99. The van der Waals surface area contributed by atoms with Crippen molar-refractivity contribution in [1.82, 2.24) is 0 Å². The molecule has 0 radical (unpaired) electrons. The van der Waals surface area contributed by atoms with Gasteiger partial charge in [-0.1, -0.05) is 12.1 Å². The summed E-state index contributed by atoms with van der Waals surface area (Å²) in [4.78, 5) is 4.54. The van der Waals surface area contributed by atoms with Gasteiger partial charge in [-0.25, -0.2) is 0 Å². The number of hydrogen-bond donors (Lipinski definition) is 1. The zero-order chi connectivity index (χ0) is 11.1. The van der Waals surface area contributed by atoms with E-state index >= 15 is 0 Å². The van der Waals surface area contributed by atoms with E-state index in [1.165, 1.54) is 13.3 Å². The lowest BCUT2D eigenvalue weighted by molar-refractivity contribution is 0.215. The van der Waals surface area contributed by atoms with Gasteiger partial charge in [0, 0.05) is 0 Å². The molecule has 0 fully saturated rings. The molecule has 1 rings (SSSR count). The highest BCUT2D eigenvalue weighted by atomic mass is 16.6. The molecule has 1 aromatic rings. The predicted octanol–water partition coefficient (Wildman–Crippen LogP) is 2.16. The number of phenols is 1. The summed E-state index contributed by atoms with van der Waals surface area (Å²) < 4.78 is 5.32. The molecular weight excluding hydrogens is 194 g/mol. The molecule has 15 heavy (non-hydrogen) atoms. The van der Waals surface area contributed by atoms with Gasteiger partial charge in [0.15, 0.2) is 11.5 Å². The highest BCUT2D eigenvalue weighted by Crippen LogP contribution is 2.26. The summed E-state index contributed by atoms with van der Waals surface area (Å²) in [5, 5.41) is 13.2. The van der Waals surface area contributed by atoms with Crippen LogP contribution in [0.25, 0.3) is 0 Å². The van der Waals surface area contributed by atoms with Gasteiger partial charge >= 0.3 is 0 Å². The topological polar surface area (TPSA) is 51.0 Å². The van der Waals surface area contributed by atoms with Crippen LogP contribution in [0.2, 0.25) is 0 Å². The van der Waals surface area contributed by atoms with E-state index in [0.717, 1.165) is 12.0 Å². The van der Waals surface area contributed by atoms with Crippen molar-refractivity contribution in [1.29, 1.82) is 0 Å². The second-order valence-electron chi connectivity index (χ2n) is 2.99. The lowest BCUT2D eigenvalue weighted by Gasteiger charge is -2.06. The van der Waals surface area contributed by atoms with Crippen molar-refractivity contribution in [3.8, 4) is 11.5 Å². The zero-order valence-electron chi connectivity index (χ0n) is 8.93. The molecule has 0 amide bonds. The van der Waals surface area contributed by atoms with E-state index in [0.29, 0.717) is 12.4 Å². The van der Waals surface area contributed by atoms with Gasteiger partial charge in [-0.05, 0) is 30.2 Å². The molecule has 0 bridgehead atoms. The Balaban J connectivity index is 2.74. The minimum absolute atomic E-state index is 0.114. The summed E-state index contributed by atoms with van der Waals surface area (Å²) in [5.41, 5.74) is 0.762. The molecule has 0 saturated heterocycles. The Morgan fingerprint density at radius 2 is 2.27 bits per heavy atom. The molecule has 0 aliphatic heterocycles. The van der Waals surface area contributed by atoms with E-state index < -0.39 is 0 Å². The number of aromatic hydroxyl groups is 1. The zero-order valence-corrected chi connectivity index (χ0v) is 8.93. The van der Waals surface area contributed by atoms with Gasteiger partial charge < -0.3 is 14.7 Å². The molecule has 4 heteroatoms. The van der Waals surface area contributed by atoms with E-state index in [9.17, 15) is 5.11 Å². The van der Waals surface area contributed by atoms with Crippen LogP contribution in [0.15, 0.2) is 23.4 Å². The van der Waals surface area contributed by atoms with Crippen LogP contribution in [-0.4, -0.2) is 25.0 Å². The maximum Gasteiger partial charge on any atom is 0.160 e. The van der Waals surface area contributed by atoms with Crippen molar-refractivity contribution in [2.75, 3.05) is 13.7 Å². The first-order valence-electron chi connectivity index (χ1n) is 4.80. The molecule has 0 spiro atoms. The predicted molar refractivity (Wildman–Crippen MR) is 58.5 cm³/mol. The molecule has 0 heterocycles. The summed E-state index contributed by atoms with van der Waals surface area (Å²) in [6.45, 7) is 2.61. The van der Waals surface area contributed by atoms with Gasteiger partial charge in [0.05, 0.1) is 12.8 Å². The van der Waals surface area contributed by atoms with Crippen LogP contribution in [0.1, 0.15) is 18.9 Å². The SMILES string of the molecule is CCCOc1ccc(/C=N\OC)cc1O. The first-order chi connectivity index (χ1) is 7.27. The Hall–Kier alpha value is -1.71. The van der Waals surface area contributed by atoms with Crippen molar-refractivity contribution >= 4 is 6.21 Å². The van der Waals surface area contributed by atoms with Crippen LogP contribution in [0.4, 0.5) is 0 Å². The van der Waals surface area contributed by atoms with Crippen molar-refractivity contribution in [2.45, 2.75) is 13.3 Å². The van der Waals surface area contributed by atoms with Crippen LogP contribution in [0, 0.1) is 0 Å². The van der Waals surface area contributed by atoms with E-state index in [2.05, 4.69) is 9.99 Å². The number of rotatable bonds is 5. The summed E-state index contributed by atoms with van der Waals surface area (Å²) in [6.07, 6.45) is 2.43. The maximum absolute atomic E-state index is 9.59. The molecule has 82 valence electrons. The smallest absolute Gasteiger partial charge is 0.160 e. The van der Waals surface area contributed by atoms with Crippen LogP contribution in [0.3, 0.4) is 0 Å². The van der Waals surface area contributed by atoms with Gasteiger partial charge in [-0.15, -0.1) is 0 Å². The van der Waals surface area contributed by atoms with Gasteiger partial charge in [-0.2, -0.15) is 0 Å². The van der Waals surface area contributed by atoms with E-state index in [-0.39, 0.29) is 5.75 Å². The van der Waals surface area contributed by atoms with Gasteiger partial charge in [-0.3, -0.25) is 0 Å². The summed E-state index contributed by atoms with van der Waals surface area (Å²) >= 11 is 0. The molecule has 4 nitrogen and oxygen atoms in total. The third kappa shape index (κ3) is 3.50. The van der Waals surface area contributed by atoms with Crippen molar-refractivity contribution in [2.24, 2.45) is 5.16 Å². The third-order valence-corrected chi connectivity index (χ3v) is 1.75. The minimum atomic E-state index is 0.114. The minimum Gasteiger partial charge on any atom is -0.504 e. The highest BCUT2D eigenvalue weighted by Gasteiger charge is 2.02. The molecular formula is C11H15NO3.